The van der Waals surface area contributed by atoms with Gasteiger partial charge in [0, 0.05) is 47.8 Å². The van der Waals surface area contributed by atoms with E-state index in [2.05, 4.69) is 10.6 Å². The Morgan fingerprint density at radius 3 is 1.50 bits per heavy atom. The number of aliphatic hydroxyl groups excluding tert-OH is 1. The summed E-state index contributed by atoms with van der Waals surface area (Å²) in [6.45, 7) is 4.14. The van der Waals surface area contributed by atoms with Gasteiger partial charge in [0.25, 0.3) is 0 Å². The molecule has 5 nitrogen and oxygen atoms in total. The highest BCUT2D eigenvalue weighted by Crippen LogP contribution is 2.04. The molecule has 0 heterocycles. The molecular formula is C23H26N2O3. The highest BCUT2D eigenvalue weighted by Gasteiger charge is 2.07. The van der Waals surface area contributed by atoms with E-state index in [4.69, 9.17) is 0 Å². The number of nitrogens with one attached hydrogen (secondary N) is 2. The van der Waals surface area contributed by atoms with E-state index < -0.39 is 6.10 Å². The van der Waals surface area contributed by atoms with Gasteiger partial charge in [0.05, 0.1) is 6.10 Å². The van der Waals surface area contributed by atoms with Gasteiger partial charge >= 0.3 is 0 Å². The molecule has 0 fully saturated rings. The smallest absolute Gasteiger partial charge is 0.187 e. The lowest BCUT2D eigenvalue weighted by Gasteiger charge is -2.15. The number of aliphatic hydroxyl groups is 1. The van der Waals surface area contributed by atoms with Crippen LogP contribution in [0.5, 0.6) is 0 Å². The summed E-state index contributed by atoms with van der Waals surface area (Å²) in [5.41, 5.74) is 2.60. The van der Waals surface area contributed by atoms with Crippen LogP contribution in [0.25, 0.3) is 0 Å². The minimum atomic E-state index is -0.676. The van der Waals surface area contributed by atoms with Crippen LogP contribution in [0, 0.1) is 0 Å². The third-order valence-electron chi connectivity index (χ3n) is 4.04. The van der Waals surface area contributed by atoms with Crippen molar-refractivity contribution in [1.82, 2.24) is 10.6 Å². The van der Waals surface area contributed by atoms with Crippen LogP contribution in [-0.4, -0.2) is 35.9 Å². The zero-order chi connectivity index (χ0) is 20.4. The van der Waals surface area contributed by atoms with Crippen molar-refractivity contribution in [3.63, 3.8) is 0 Å². The molecule has 0 amide bonds. The molecule has 0 aliphatic rings. The molecule has 0 bridgehead atoms. The molecule has 0 radical (unpaired) electrons. The summed E-state index contributed by atoms with van der Waals surface area (Å²) in [4.78, 5) is 24.2. The second-order valence-corrected chi connectivity index (χ2v) is 6.53. The Morgan fingerprint density at radius 1 is 0.786 bits per heavy atom. The van der Waals surface area contributed by atoms with E-state index in [0.29, 0.717) is 22.5 Å². The maximum Gasteiger partial charge on any atom is 0.187 e. The predicted octanol–water partition coefficient (Wildman–Crippen LogP) is 3.10. The highest BCUT2D eigenvalue weighted by atomic mass is 16.3. The van der Waals surface area contributed by atoms with Crippen LogP contribution in [0.1, 0.15) is 34.6 Å². The highest BCUT2D eigenvalue weighted by molar-refractivity contribution is 6.05. The molecule has 3 N–H and O–H groups in total. The quantitative estimate of drug-likeness (QED) is 0.437. The van der Waals surface area contributed by atoms with Gasteiger partial charge in [-0.05, 0) is 13.8 Å². The van der Waals surface area contributed by atoms with Crippen LogP contribution in [-0.2, 0) is 0 Å². The second kappa shape index (κ2) is 10.8. The number of ketones is 2. The van der Waals surface area contributed by atoms with E-state index in [9.17, 15) is 14.7 Å². The zero-order valence-corrected chi connectivity index (χ0v) is 16.2. The molecule has 0 aromatic heterocycles. The third kappa shape index (κ3) is 7.21. The zero-order valence-electron chi connectivity index (χ0n) is 16.2. The summed E-state index contributed by atoms with van der Waals surface area (Å²) in [6, 6.07) is 18.0. The van der Waals surface area contributed by atoms with Crippen LogP contribution in [0.15, 0.2) is 84.2 Å². The molecular weight excluding hydrogens is 352 g/mol. The Kier molecular flexibility index (Phi) is 8.18. The van der Waals surface area contributed by atoms with Gasteiger partial charge in [0.15, 0.2) is 11.6 Å². The second-order valence-electron chi connectivity index (χ2n) is 6.53. The van der Waals surface area contributed by atoms with Gasteiger partial charge in [0.2, 0.25) is 0 Å². The lowest BCUT2D eigenvalue weighted by molar-refractivity contribution is 0.103. The number of allylic oxidation sites excluding steroid dienone is 4. The van der Waals surface area contributed by atoms with Crippen LogP contribution in [0.4, 0.5) is 0 Å². The average molecular weight is 378 g/mol. The first-order chi connectivity index (χ1) is 13.5. The molecule has 0 aliphatic carbocycles. The van der Waals surface area contributed by atoms with E-state index in [1.54, 1.807) is 38.1 Å². The average Bonchev–Trinajstić information content (AvgIpc) is 2.72. The van der Waals surface area contributed by atoms with Gasteiger partial charge in [-0.25, -0.2) is 0 Å². The van der Waals surface area contributed by atoms with Crippen LogP contribution >= 0.6 is 0 Å². The van der Waals surface area contributed by atoms with E-state index >= 15 is 0 Å². The monoisotopic (exact) mass is 378 g/mol. The first kappa shape index (κ1) is 21.1. The Hall–Kier alpha value is -3.18. The van der Waals surface area contributed by atoms with Crippen LogP contribution in [0.3, 0.4) is 0 Å². The van der Waals surface area contributed by atoms with Gasteiger partial charge in [-0.3, -0.25) is 9.59 Å². The van der Waals surface area contributed by atoms with Gasteiger partial charge in [-0.15, -0.1) is 0 Å². The number of hydrogen-bond acceptors (Lipinski definition) is 5. The Bertz CT molecular complexity index is 771. The molecule has 0 saturated carbocycles. The van der Waals surface area contributed by atoms with Crippen LogP contribution in [0.2, 0.25) is 0 Å². The maximum atomic E-state index is 12.1. The largest absolute Gasteiger partial charge is 0.389 e. The number of carbonyl (C=O) groups is 2. The topological polar surface area (TPSA) is 78.4 Å². The molecule has 0 atom stereocenters. The standard InChI is InChI=1S/C23H26N2O3/c1-17(13-22(27)19-9-5-3-6-10-19)24-15-21(26)16-25-18(2)14-23(28)20-11-7-4-8-12-20/h3-14,21,24-26H,15-16H2,1-2H3/b17-13-,18-14-. The van der Waals surface area contributed by atoms with Crippen molar-refractivity contribution >= 4 is 11.6 Å². The summed E-state index contributed by atoms with van der Waals surface area (Å²) in [5, 5.41) is 16.2. The van der Waals surface area contributed by atoms with Crippen molar-refractivity contribution in [3.05, 3.63) is 95.3 Å². The third-order valence-corrected chi connectivity index (χ3v) is 4.04. The number of hydrogen-bond donors (Lipinski definition) is 3. The first-order valence-electron chi connectivity index (χ1n) is 9.17. The van der Waals surface area contributed by atoms with E-state index in [1.165, 1.54) is 12.2 Å². The molecule has 146 valence electrons. The van der Waals surface area contributed by atoms with Crippen molar-refractivity contribution in [2.24, 2.45) is 0 Å². The minimum Gasteiger partial charge on any atom is -0.389 e. The normalized spacial score (nSPS) is 13.0. The Morgan fingerprint density at radius 2 is 1.14 bits per heavy atom. The van der Waals surface area contributed by atoms with Crippen molar-refractivity contribution in [2.75, 3.05) is 13.1 Å². The van der Waals surface area contributed by atoms with Crippen molar-refractivity contribution < 1.29 is 14.7 Å². The van der Waals surface area contributed by atoms with E-state index in [-0.39, 0.29) is 24.7 Å². The van der Waals surface area contributed by atoms with Crippen LogP contribution < -0.4 is 10.6 Å². The molecule has 0 unspecified atom stereocenters. The molecule has 0 saturated heterocycles. The molecule has 0 aliphatic heterocycles. The molecule has 2 rings (SSSR count). The summed E-state index contributed by atoms with van der Waals surface area (Å²) >= 11 is 0. The van der Waals surface area contributed by atoms with Crippen molar-refractivity contribution in [3.8, 4) is 0 Å². The van der Waals surface area contributed by atoms with E-state index in [0.717, 1.165) is 0 Å². The summed E-state index contributed by atoms with van der Waals surface area (Å²) in [6.07, 6.45) is 2.35. The lowest BCUT2D eigenvalue weighted by atomic mass is 10.1. The predicted molar refractivity (Wildman–Crippen MR) is 111 cm³/mol. The molecule has 2 aromatic carbocycles. The Labute approximate surface area is 165 Å². The molecule has 5 heteroatoms. The van der Waals surface area contributed by atoms with Gasteiger partial charge in [-0.1, -0.05) is 60.7 Å². The fourth-order valence-corrected chi connectivity index (χ4v) is 2.50. The van der Waals surface area contributed by atoms with E-state index in [1.807, 2.05) is 36.4 Å². The summed E-state index contributed by atoms with van der Waals surface area (Å²) < 4.78 is 0. The van der Waals surface area contributed by atoms with Gasteiger partial charge < -0.3 is 15.7 Å². The summed E-state index contributed by atoms with van der Waals surface area (Å²) in [7, 11) is 0. The lowest BCUT2D eigenvalue weighted by Crippen LogP contribution is -2.34. The number of rotatable bonds is 10. The summed E-state index contributed by atoms with van der Waals surface area (Å²) in [5.74, 6) is -0.173. The molecule has 2 aromatic rings. The SMILES string of the molecule is C/C(=C/C(=O)c1ccccc1)NCC(O)CN/C(C)=C\C(=O)c1ccccc1. The van der Waals surface area contributed by atoms with Gasteiger partial charge in [-0.2, -0.15) is 0 Å². The number of carbonyl (C=O) groups excluding carboxylic acids is 2. The fourth-order valence-electron chi connectivity index (χ4n) is 2.50. The minimum absolute atomic E-state index is 0.0867. The van der Waals surface area contributed by atoms with Gasteiger partial charge in [0.1, 0.15) is 0 Å². The fraction of sp³-hybridized carbons (Fsp3) is 0.217. The Balaban J connectivity index is 1.76. The number of benzene rings is 2. The molecule has 0 spiro atoms. The molecule has 28 heavy (non-hydrogen) atoms. The van der Waals surface area contributed by atoms with Crippen molar-refractivity contribution in [2.45, 2.75) is 20.0 Å². The maximum absolute atomic E-state index is 12.1. The van der Waals surface area contributed by atoms with Crippen molar-refractivity contribution in [1.29, 1.82) is 0 Å². The first-order valence-corrected chi connectivity index (χ1v) is 9.17.